The average molecular weight is 451 g/mol. The molecule has 8 N–H and O–H groups in total. The molecule has 5 unspecified atom stereocenters. The van der Waals surface area contributed by atoms with Crippen molar-refractivity contribution in [1.82, 2.24) is 16.0 Å². The van der Waals surface area contributed by atoms with Gasteiger partial charge in [-0.25, -0.2) is 4.79 Å². The highest BCUT2D eigenvalue weighted by atomic mass is 32.2. The second kappa shape index (κ2) is 13.8. The number of amides is 3. The lowest BCUT2D eigenvalue weighted by atomic mass is 10.1. The lowest BCUT2D eigenvalue weighted by Crippen LogP contribution is -2.59. The highest BCUT2D eigenvalue weighted by Crippen LogP contribution is 2.03. The molecule has 0 aliphatic rings. The molecule has 12 nitrogen and oxygen atoms in total. The zero-order valence-corrected chi connectivity index (χ0v) is 17.9. The molecular weight excluding hydrogens is 420 g/mol. The molecule has 5 atom stereocenters. The van der Waals surface area contributed by atoms with Gasteiger partial charge in [-0.1, -0.05) is 0 Å². The molecule has 0 rings (SSSR count). The van der Waals surface area contributed by atoms with Gasteiger partial charge in [0.05, 0.1) is 12.1 Å². The van der Waals surface area contributed by atoms with E-state index in [0.29, 0.717) is 5.75 Å². The minimum Gasteiger partial charge on any atom is -0.481 e. The second-order valence-corrected chi connectivity index (χ2v) is 7.66. The van der Waals surface area contributed by atoms with Crippen molar-refractivity contribution in [3.8, 4) is 0 Å². The Morgan fingerprint density at radius 2 is 1.53 bits per heavy atom. The number of carbonyl (C=O) groups is 5. The highest BCUT2D eigenvalue weighted by molar-refractivity contribution is 7.98. The van der Waals surface area contributed by atoms with Crippen molar-refractivity contribution in [2.75, 3.05) is 12.0 Å². The van der Waals surface area contributed by atoms with E-state index < -0.39 is 59.9 Å². The summed E-state index contributed by atoms with van der Waals surface area (Å²) in [5, 5.41) is 34.5. The highest BCUT2D eigenvalue weighted by Gasteiger charge is 2.31. The molecule has 0 radical (unpaired) electrons. The number of nitrogens with one attached hydrogen (secondary N) is 3. The van der Waals surface area contributed by atoms with Gasteiger partial charge < -0.3 is 37.0 Å². The first-order valence-electron chi connectivity index (χ1n) is 9.19. The van der Waals surface area contributed by atoms with Crippen molar-refractivity contribution in [3.63, 3.8) is 0 Å². The molecule has 30 heavy (non-hydrogen) atoms. The molecule has 0 aromatic rings. The molecule has 0 fully saturated rings. The first-order valence-corrected chi connectivity index (χ1v) is 10.6. The molecule has 3 amide bonds. The van der Waals surface area contributed by atoms with E-state index in [4.69, 9.17) is 10.8 Å². The normalized spacial score (nSPS) is 15.8. The number of rotatable bonds is 14. The van der Waals surface area contributed by atoms with Gasteiger partial charge in [-0.2, -0.15) is 11.8 Å². The van der Waals surface area contributed by atoms with Crippen LogP contribution in [0.2, 0.25) is 0 Å². The number of carboxylic acid groups (broad SMARTS) is 2. The van der Waals surface area contributed by atoms with Crippen molar-refractivity contribution in [3.05, 3.63) is 0 Å². The third-order valence-corrected chi connectivity index (χ3v) is 4.69. The number of carboxylic acids is 2. The van der Waals surface area contributed by atoms with Gasteiger partial charge in [0.25, 0.3) is 0 Å². The van der Waals surface area contributed by atoms with Crippen LogP contribution in [0.1, 0.15) is 33.1 Å². The fourth-order valence-corrected chi connectivity index (χ4v) is 2.71. The summed E-state index contributed by atoms with van der Waals surface area (Å²) < 4.78 is 0. The summed E-state index contributed by atoms with van der Waals surface area (Å²) in [5.41, 5.74) is 5.57. The van der Waals surface area contributed by atoms with Crippen molar-refractivity contribution in [2.24, 2.45) is 5.73 Å². The molecular formula is C17H30N4O8S. The SMILES string of the molecule is CSCCC(NC(=O)C(NC(=O)C(C)NC(=O)C(N)CCC(=O)O)C(C)O)C(=O)O. The maximum Gasteiger partial charge on any atom is 0.326 e. The Balaban J connectivity index is 4.93. The molecule has 0 bridgehead atoms. The van der Waals surface area contributed by atoms with Crippen LogP contribution >= 0.6 is 11.8 Å². The van der Waals surface area contributed by atoms with Crippen LogP contribution < -0.4 is 21.7 Å². The summed E-state index contributed by atoms with van der Waals surface area (Å²) in [6, 6.07) is -4.92. The number of aliphatic hydroxyl groups excluding tert-OH is 1. The van der Waals surface area contributed by atoms with Crippen LogP contribution in [0.4, 0.5) is 0 Å². The average Bonchev–Trinajstić information content (AvgIpc) is 2.65. The predicted molar refractivity (Wildman–Crippen MR) is 109 cm³/mol. The number of hydrogen-bond acceptors (Lipinski definition) is 8. The Labute approximate surface area is 178 Å². The van der Waals surface area contributed by atoms with Gasteiger partial charge in [0, 0.05) is 6.42 Å². The monoisotopic (exact) mass is 450 g/mol. The lowest BCUT2D eigenvalue weighted by molar-refractivity contribution is -0.143. The summed E-state index contributed by atoms with van der Waals surface area (Å²) in [4.78, 5) is 58.4. The second-order valence-electron chi connectivity index (χ2n) is 6.68. The molecule has 0 aromatic carbocycles. The van der Waals surface area contributed by atoms with Crippen LogP contribution in [0.5, 0.6) is 0 Å². The van der Waals surface area contributed by atoms with Crippen LogP contribution in [-0.2, 0) is 24.0 Å². The summed E-state index contributed by atoms with van der Waals surface area (Å²) in [5.74, 6) is -4.33. The maximum absolute atomic E-state index is 12.4. The van der Waals surface area contributed by atoms with E-state index in [0.717, 1.165) is 0 Å². The molecule has 0 aromatic heterocycles. The van der Waals surface area contributed by atoms with Crippen LogP contribution in [0.15, 0.2) is 0 Å². The van der Waals surface area contributed by atoms with Gasteiger partial charge in [-0.15, -0.1) is 0 Å². The molecule has 13 heteroatoms. The Bertz CT molecular complexity index is 631. The lowest BCUT2D eigenvalue weighted by Gasteiger charge is -2.25. The van der Waals surface area contributed by atoms with Crippen LogP contribution in [0.25, 0.3) is 0 Å². The molecule has 172 valence electrons. The van der Waals surface area contributed by atoms with E-state index in [9.17, 15) is 34.2 Å². The topological polar surface area (TPSA) is 208 Å². The van der Waals surface area contributed by atoms with Gasteiger partial charge in [0.15, 0.2) is 0 Å². The van der Waals surface area contributed by atoms with E-state index in [1.807, 2.05) is 0 Å². The fourth-order valence-electron chi connectivity index (χ4n) is 2.23. The number of carbonyl (C=O) groups excluding carboxylic acids is 3. The quantitative estimate of drug-likeness (QED) is 0.153. The largest absolute Gasteiger partial charge is 0.481 e. The van der Waals surface area contributed by atoms with Gasteiger partial charge in [-0.05, 0) is 38.7 Å². The van der Waals surface area contributed by atoms with E-state index in [1.165, 1.54) is 25.6 Å². The van der Waals surface area contributed by atoms with Gasteiger partial charge >= 0.3 is 11.9 Å². The zero-order valence-electron chi connectivity index (χ0n) is 17.1. The van der Waals surface area contributed by atoms with Gasteiger partial charge in [0.2, 0.25) is 17.7 Å². The number of aliphatic hydroxyl groups is 1. The Kier molecular flexibility index (Phi) is 12.7. The van der Waals surface area contributed by atoms with Crippen molar-refractivity contribution < 1.29 is 39.3 Å². The van der Waals surface area contributed by atoms with Crippen molar-refractivity contribution >= 4 is 41.4 Å². The van der Waals surface area contributed by atoms with E-state index in [1.54, 1.807) is 6.26 Å². The van der Waals surface area contributed by atoms with Crippen LogP contribution in [0.3, 0.4) is 0 Å². The molecule has 0 aliphatic carbocycles. The standard InChI is InChI=1S/C17H30N4O8S/c1-8(19-15(26)10(18)4-5-12(23)24)14(25)21-13(9(2)22)16(27)20-11(17(28)29)6-7-30-3/h8-11,13,22H,4-7,18H2,1-3H3,(H,19,26)(H,20,27)(H,21,25)(H,23,24)(H,28,29). The Morgan fingerprint density at radius 1 is 0.933 bits per heavy atom. The smallest absolute Gasteiger partial charge is 0.326 e. The summed E-state index contributed by atoms with van der Waals surface area (Å²) in [7, 11) is 0. The minimum atomic E-state index is -1.45. The van der Waals surface area contributed by atoms with Gasteiger partial charge in [0.1, 0.15) is 18.1 Å². The minimum absolute atomic E-state index is 0.124. The number of hydrogen-bond donors (Lipinski definition) is 7. The van der Waals surface area contributed by atoms with Crippen molar-refractivity contribution in [2.45, 2.75) is 63.4 Å². The molecule has 0 heterocycles. The third-order valence-electron chi connectivity index (χ3n) is 4.05. The molecule has 0 aliphatic heterocycles. The first kappa shape index (κ1) is 27.6. The van der Waals surface area contributed by atoms with E-state index in [-0.39, 0.29) is 19.3 Å². The molecule has 0 spiro atoms. The van der Waals surface area contributed by atoms with E-state index in [2.05, 4.69) is 16.0 Å². The summed E-state index contributed by atoms with van der Waals surface area (Å²) in [6.07, 6.45) is 0.151. The van der Waals surface area contributed by atoms with Crippen LogP contribution in [-0.4, -0.2) is 87.3 Å². The first-order chi connectivity index (χ1) is 13.9. The maximum atomic E-state index is 12.4. The summed E-state index contributed by atoms with van der Waals surface area (Å²) >= 11 is 1.40. The van der Waals surface area contributed by atoms with E-state index >= 15 is 0 Å². The third kappa shape index (κ3) is 10.4. The number of aliphatic carboxylic acids is 2. The number of nitrogens with two attached hydrogens (primary N) is 1. The fraction of sp³-hybridized carbons (Fsp3) is 0.706. The van der Waals surface area contributed by atoms with Crippen molar-refractivity contribution in [1.29, 1.82) is 0 Å². The summed E-state index contributed by atoms with van der Waals surface area (Å²) in [6.45, 7) is 2.56. The van der Waals surface area contributed by atoms with Crippen LogP contribution in [0, 0.1) is 0 Å². The van der Waals surface area contributed by atoms with Gasteiger partial charge in [-0.3, -0.25) is 19.2 Å². The zero-order chi connectivity index (χ0) is 23.4. The molecule has 0 saturated carbocycles. The predicted octanol–water partition coefficient (Wildman–Crippen LogP) is -2.13. The number of thioether (sulfide) groups is 1. The molecule has 0 saturated heterocycles. The Hall–Kier alpha value is -2.38. The Morgan fingerprint density at radius 3 is 2.00 bits per heavy atom.